The second-order valence-electron chi connectivity index (χ2n) is 13.3. The number of ether oxygens (including phenoxy) is 8. The zero-order chi connectivity index (χ0) is 32.6. The molecule has 2 aromatic carbocycles. The highest BCUT2D eigenvalue weighted by molar-refractivity contribution is 5.83. The largest absolute Gasteiger partial charge is 0.387 e. The molecule has 3 saturated heterocycles. The molecule has 0 aromatic heterocycles. The highest BCUT2D eigenvalue weighted by Crippen LogP contribution is 2.39. The minimum atomic E-state index is -0.869. The van der Waals surface area contributed by atoms with Crippen LogP contribution in [0.3, 0.4) is 0 Å². The maximum Gasteiger partial charge on any atom is 0.184 e. The van der Waals surface area contributed by atoms with Crippen molar-refractivity contribution in [1.29, 1.82) is 0 Å². The Morgan fingerprint density at radius 2 is 1.62 bits per heavy atom. The van der Waals surface area contributed by atoms with Gasteiger partial charge in [-0.25, -0.2) is 0 Å². The van der Waals surface area contributed by atoms with Gasteiger partial charge in [-0.3, -0.25) is 0 Å². The van der Waals surface area contributed by atoms with Gasteiger partial charge in [0.25, 0.3) is 0 Å². The van der Waals surface area contributed by atoms with Gasteiger partial charge in [0.05, 0.1) is 37.1 Å². The monoisotopic (exact) mass is 656 g/mol. The first-order valence-corrected chi connectivity index (χ1v) is 17.1. The quantitative estimate of drug-likeness (QED) is 0.429. The summed E-state index contributed by atoms with van der Waals surface area (Å²) in [5.41, 5.74) is 0.994. The fourth-order valence-corrected chi connectivity index (χ4v) is 7.71. The SMILES string of the molecule is C=CC[C@H]1O[C@H]2C=C[C@H]3O[C@H]4[C@H](O)[C@H]5O[C@@H](/C=C/C6COC(c7ccc8ccccc8c7)O6)C=CC[C@@H]5O[C@@H]4C[C@@H]3O[C@@H]2C=C[C@@H]1OC. The molecule has 8 rings (SSSR count). The van der Waals surface area contributed by atoms with Crippen LogP contribution in [-0.4, -0.2) is 98.2 Å². The summed E-state index contributed by atoms with van der Waals surface area (Å²) < 4.78 is 50.5. The summed E-state index contributed by atoms with van der Waals surface area (Å²) in [5, 5.41) is 14.0. The minimum absolute atomic E-state index is 0.168. The number of aliphatic hydroxyl groups is 1. The first-order valence-electron chi connectivity index (χ1n) is 17.1. The first kappa shape index (κ1) is 32.3. The van der Waals surface area contributed by atoms with Crippen molar-refractivity contribution in [3.8, 4) is 0 Å². The molecule has 254 valence electrons. The molecule has 2 unspecified atom stereocenters. The topological polar surface area (TPSA) is 94.1 Å². The van der Waals surface area contributed by atoms with Gasteiger partial charge in [-0.15, -0.1) is 6.58 Å². The van der Waals surface area contributed by atoms with Crippen LogP contribution in [0.15, 0.2) is 104 Å². The predicted octanol–water partition coefficient (Wildman–Crippen LogP) is 5.05. The van der Waals surface area contributed by atoms with Crippen LogP contribution in [-0.2, 0) is 37.9 Å². The molecule has 0 aliphatic carbocycles. The third-order valence-electron chi connectivity index (χ3n) is 10.2. The molecule has 0 saturated carbocycles. The van der Waals surface area contributed by atoms with Gasteiger partial charge in [-0.1, -0.05) is 91.1 Å². The van der Waals surface area contributed by atoms with Crippen LogP contribution in [0.25, 0.3) is 10.8 Å². The fourth-order valence-electron chi connectivity index (χ4n) is 7.71. The number of hydrogen-bond donors (Lipinski definition) is 1. The Morgan fingerprint density at radius 3 is 2.50 bits per heavy atom. The average molecular weight is 657 g/mol. The zero-order valence-electron chi connectivity index (χ0n) is 27.1. The van der Waals surface area contributed by atoms with Crippen LogP contribution in [0.2, 0.25) is 0 Å². The highest BCUT2D eigenvalue weighted by atomic mass is 16.7. The molecule has 9 heteroatoms. The van der Waals surface area contributed by atoms with Crippen molar-refractivity contribution in [3.63, 3.8) is 0 Å². The van der Waals surface area contributed by atoms with E-state index in [-0.39, 0.29) is 61.0 Å². The number of benzene rings is 2. The van der Waals surface area contributed by atoms with Gasteiger partial charge in [0.15, 0.2) is 6.29 Å². The normalized spacial score (nSPS) is 42.3. The van der Waals surface area contributed by atoms with Gasteiger partial charge in [0.2, 0.25) is 0 Å². The lowest BCUT2D eigenvalue weighted by molar-refractivity contribution is -0.287. The van der Waals surface area contributed by atoms with E-state index in [9.17, 15) is 5.11 Å². The molecule has 2 aromatic rings. The Balaban J connectivity index is 0.905. The number of methoxy groups -OCH3 is 1. The zero-order valence-corrected chi connectivity index (χ0v) is 27.1. The van der Waals surface area contributed by atoms with Crippen LogP contribution in [0.4, 0.5) is 0 Å². The van der Waals surface area contributed by atoms with E-state index < -0.39 is 24.6 Å². The van der Waals surface area contributed by atoms with E-state index in [0.29, 0.717) is 25.9 Å². The van der Waals surface area contributed by atoms with Crippen LogP contribution in [0.1, 0.15) is 31.1 Å². The highest BCUT2D eigenvalue weighted by Gasteiger charge is 2.52. The molecule has 0 bridgehead atoms. The Morgan fingerprint density at radius 1 is 0.812 bits per heavy atom. The molecule has 9 nitrogen and oxygen atoms in total. The molecule has 0 amide bonds. The summed E-state index contributed by atoms with van der Waals surface area (Å²) in [6.45, 7) is 4.33. The van der Waals surface area contributed by atoms with E-state index in [1.807, 2.05) is 60.7 Å². The van der Waals surface area contributed by atoms with Crippen molar-refractivity contribution in [1.82, 2.24) is 0 Å². The van der Waals surface area contributed by atoms with Crippen LogP contribution in [0, 0.1) is 0 Å². The maximum absolute atomic E-state index is 11.7. The standard InChI is InChI=1S/C39H44O9/c1-3-7-29-28(41-2)16-17-31-30(45-29)18-19-32-34(46-31)21-35-38(48-32)36(40)37-33(47-35)11-6-10-26(43-37)14-15-27-22-42-39(44-27)25-13-12-23-8-4-5-9-24(23)20-25/h3-6,8-10,12-20,26-40H,1,7,11,21-22H2,2H3/b15-14+/t26-,27?,28+,29-,30+,31-,32-,33+,34+,35-,36-,37+,38-,39?/m1/s1. The summed E-state index contributed by atoms with van der Waals surface area (Å²) in [6.07, 6.45) is 14.7. The van der Waals surface area contributed by atoms with Crippen LogP contribution in [0.5, 0.6) is 0 Å². The molecular weight excluding hydrogens is 612 g/mol. The Kier molecular flexibility index (Phi) is 9.48. The molecule has 14 atom stereocenters. The lowest BCUT2D eigenvalue weighted by Crippen LogP contribution is -2.63. The smallest absolute Gasteiger partial charge is 0.184 e. The summed E-state index contributed by atoms with van der Waals surface area (Å²) in [5.74, 6) is 0. The molecule has 0 radical (unpaired) electrons. The van der Waals surface area contributed by atoms with Crippen molar-refractivity contribution < 1.29 is 43.0 Å². The van der Waals surface area contributed by atoms with Crippen LogP contribution >= 0.6 is 0 Å². The van der Waals surface area contributed by atoms with Gasteiger partial charge < -0.3 is 43.0 Å². The van der Waals surface area contributed by atoms with Crippen molar-refractivity contribution in [2.75, 3.05) is 13.7 Å². The number of rotatable bonds is 6. The molecule has 6 aliphatic rings. The molecule has 48 heavy (non-hydrogen) atoms. The maximum atomic E-state index is 11.7. The molecular formula is C39H44O9. The summed E-state index contributed by atoms with van der Waals surface area (Å²) in [4.78, 5) is 0. The second kappa shape index (κ2) is 14.1. The van der Waals surface area contributed by atoms with Crippen molar-refractivity contribution in [2.45, 2.75) is 105 Å². The molecule has 1 N–H and O–H groups in total. The number of aliphatic hydroxyl groups excluding tert-OH is 1. The molecule has 6 aliphatic heterocycles. The third kappa shape index (κ3) is 6.52. The van der Waals surface area contributed by atoms with Gasteiger partial charge in [0.1, 0.15) is 48.8 Å². The molecule has 3 fully saturated rings. The van der Waals surface area contributed by atoms with Gasteiger partial charge in [-0.2, -0.15) is 0 Å². The van der Waals surface area contributed by atoms with E-state index in [0.717, 1.165) is 10.9 Å². The Hall–Kier alpha value is -2.96. The Bertz CT molecular complexity index is 1570. The van der Waals surface area contributed by atoms with Crippen molar-refractivity contribution in [3.05, 3.63) is 109 Å². The Labute approximate surface area is 281 Å². The van der Waals surface area contributed by atoms with E-state index in [1.54, 1.807) is 7.11 Å². The fraction of sp³-hybridized carbons (Fsp3) is 0.487. The summed E-state index contributed by atoms with van der Waals surface area (Å²) in [6, 6.07) is 14.5. The predicted molar refractivity (Wildman–Crippen MR) is 178 cm³/mol. The van der Waals surface area contributed by atoms with Crippen LogP contribution < -0.4 is 0 Å². The lowest BCUT2D eigenvalue weighted by Gasteiger charge is -2.49. The molecule has 0 spiro atoms. The van der Waals surface area contributed by atoms with Crippen molar-refractivity contribution >= 4 is 10.8 Å². The minimum Gasteiger partial charge on any atom is -0.387 e. The first-order chi connectivity index (χ1) is 23.6. The van der Waals surface area contributed by atoms with E-state index >= 15 is 0 Å². The summed E-state index contributed by atoms with van der Waals surface area (Å²) >= 11 is 0. The average Bonchev–Trinajstić information content (AvgIpc) is 3.29. The van der Waals surface area contributed by atoms with E-state index in [1.165, 1.54) is 5.39 Å². The van der Waals surface area contributed by atoms with Crippen molar-refractivity contribution in [2.24, 2.45) is 0 Å². The second-order valence-corrected chi connectivity index (χ2v) is 13.3. The van der Waals surface area contributed by atoms with E-state index in [4.69, 9.17) is 37.9 Å². The van der Waals surface area contributed by atoms with Gasteiger partial charge in [0, 0.05) is 19.1 Å². The molecule has 6 heterocycles. The van der Waals surface area contributed by atoms with Gasteiger partial charge in [-0.05, 0) is 29.7 Å². The summed E-state index contributed by atoms with van der Waals surface area (Å²) in [7, 11) is 1.68. The van der Waals surface area contributed by atoms with Gasteiger partial charge >= 0.3 is 0 Å². The third-order valence-corrected chi connectivity index (χ3v) is 10.2. The lowest BCUT2D eigenvalue weighted by atomic mass is 9.87. The number of hydrogen-bond acceptors (Lipinski definition) is 9. The number of fused-ring (bicyclic) bond motifs is 5. The van der Waals surface area contributed by atoms with E-state index in [2.05, 4.69) is 43.0 Å².